The van der Waals surface area contributed by atoms with Gasteiger partial charge in [-0.2, -0.15) is 10.2 Å². The monoisotopic (exact) mass is 258 g/mol. The van der Waals surface area contributed by atoms with Crippen LogP contribution in [0.25, 0.3) is 0 Å². The molecule has 11 heavy (non-hydrogen) atoms. The first-order chi connectivity index (χ1) is 5.21. The van der Waals surface area contributed by atoms with Crippen molar-refractivity contribution in [3.8, 4) is 0 Å². The number of nitrogens with zero attached hydrogens (tertiary/aromatic N) is 2. The van der Waals surface area contributed by atoms with Crippen LogP contribution in [0.15, 0.2) is 34.5 Å². The van der Waals surface area contributed by atoms with E-state index in [1.165, 1.54) is 9.13 Å². The highest BCUT2D eigenvalue weighted by Gasteiger charge is 2.35. The van der Waals surface area contributed by atoms with Crippen LogP contribution >= 0.6 is 22.6 Å². The van der Waals surface area contributed by atoms with E-state index in [0.717, 1.165) is 0 Å². The summed E-state index contributed by atoms with van der Waals surface area (Å²) in [5.41, 5.74) is 0.961. The molecule has 0 aromatic heterocycles. The van der Waals surface area contributed by atoms with Crippen molar-refractivity contribution >= 4 is 22.6 Å². The van der Waals surface area contributed by atoms with Gasteiger partial charge in [-0.25, -0.2) is 0 Å². The Morgan fingerprint density at radius 1 is 1.18 bits per heavy atom. The van der Waals surface area contributed by atoms with E-state index in [9.17, 15) is 0 Å². The molecule has 0 spiro atoms. The zero-order valence-electron chi connectivity index (χ0n) is 6.08. The smallest absolute Gasteiger partial charge is 0.154 e. The number of rotatable bonds is 1. The molecule has 2 nitrogen and oxygen atoms in total. The molecular weight excluding hydrogens is 251 g/mol. The molecule has 0 saturated carbocycles. The summed E-state index contributed by atoms with van der Waals surface area (Å²) in [6.45, 7) is 2.01. The van der Waals surface area contributed by atoms with Crippen molar-refractivity contribution in [1.82, 2.24) is 0 Å². The molecule has 0 amide bonds. The summed E-state index contributed by atoms with van der Waals surface area (Å²) in [6.07, 6.45) is 0. The van der Waals surface area contributed by atoms with E-state index in [2.05, 4.69) is 57.1 Å². The highest BCUT2D eigenvalue weighted by Crippen LogP contribution is 2.38. The van der Waals surface area contributed by atoms with Gasteiger partial charge >= 0.3 is 0 Å². The van der Waals surface area contributed by atoms with Crippen molar-refractivity contribution in [2.24, 2.45) is 10.2 Å². The fourth-order valence-corrected chi connectivity index (χ4v) is 1.32. The van der Waals surface area contributed by atoms with Crippen LogP contribution in [0.1, 0.15) is 12.5 Å². The lowest BCUT2D eigenvalue weighted by atomic mass is 10.1. The Kier molecular flexibility index (Phi) is 1.49. The largest absolute Gasteiger partial charge is 0.213 e. The lowest BCUT2D eigenvalue weighted by Gasteiger charge is -2.02. The maximum absolute atomic E-state index is 3.96. The summed E-state index contributed by atoms with van der Waals surface area (Å²) in [6, 6.07) is 8.29. The van der Waals surface area contributed by atoms with Gasteiger partial charge in [-0.1, -0.05) is 12.1 Å². The van der Waals surface area contributed by atoms with Gasteiger partial charge in [-0.15, -0.1) is 0 Å². The molecule has 56 valence electrons. The second kappa shape index (κ2) is 2.27. The molecule has 0 fully saturated rings. The summed E-state index contributed by atoms with van der Waals surface area (Å²) < 4.78 is 1.25. The summed E-state index contributed by atoms with van der Waals surface area (Å²) >= 11 is 2.28. The van der Waals surface area contributed by atoms with Gasteiger partial charge in [0.25, 0.3) is 0 Å². The Balaban J connectivity index is 2.34. The minimum absolute atomic E-state index is 0.218. The Bertz CT molecular complexity index is 296. The number of benzene rings is 1. The third kappa shape index (κ3) is 1.29. The van der Waals surface area contributed by atoms with Crippen molar-refractivity contribution in [2.45, 2.75) is 12.6 Å². The zero-order chi connectivity index (χ0) is 7.90. The van der Waals surface area contributed by atoms with Crippen LogP contribution in [0.2, 0.25) is 0 Å². The van der Waals surface area contributed by atoms with Gasteiger partial charge in [0.1, 0.15) is 0 Å². The first-order valence-electron chi connectivity index (χ1n) is 3.41. The van der Waals surface area contributed by atoms with Gasteiger partial charge in [0, 0.05) is 9.13 Å². The molecule has 0 aliphatic carbocycles. The maximum Gasteiger partial charge on any atom is 0.213 e. The van der Waals surface area contributed by atoms with E-state index in [1.807, 2.05) is 6.92 Å². The van der Waals surface area contributed by atoms with E-state index in [0.29, 0.717) is 0 Å². The van der Waals surface area contributed by atoms with Gasteiger partial charge in [0.05, 0.1) is 0 Å². The second-order valence-electron chi connectivity index (χ2n) is 2.73. The van der Waals surface area contributed by atoms with Crippen molar-refractivity contribution in [3.63, 3.8) is 0 Å². The summed E-state index contributed by atoms with van der Waals surface area (Å²) in [5, 5.41) is 7.91. The Morgan fingerprint density at radius 3 is 2.18 bits per heavy atom. The third-order valence-electron chi connectivity index (χ3n) is 1.79. The summed E-state index contributed by atoms with van der Waals surface area (Å²) in [7, 11) is 0. The van der Waals surface area contributed by atoms with Gasteiger partial charge < -0.3 is 0 Å². The standard InChI is InChI=1S/C8H7IN2/c1-8(10-11-8)6-2-4-7(9)5-3-6/h2-5H,1H3. The average molecular weight is 258 g/mol. The zero-order valence-corrected chi connectivity index (χ0v) is 8.24. The van der Waals surface area contributed by atoms with Crippen molar-refractivity contribution < 1.29 is 0 Å². The number of hydrogen-bond donors (Lipinski definition) is 0. The highest BCUT2D eigenvalue weighted by atomic mass is 127. The molecular formula is C8H7IN2. The highest BCUT2D eigenvalue weighted by molar-refractivity contribution is 14.1. The van der Waals surface area contributed by atoms with Crippen LogP contribution in [0.5, 0.6) is 0 Å². The minimum Gasteiger partial charge on any atom is -0.154 e. The van der Waals surface area contributed by atoms with E-state index in [-0.39, 0.29) is 5.66 Å². The predicted octanol–water partition coefficient (Wildman–Crippen LogP) is 2.93. The molecule has 0 radical (unpaired) electrons. The molecule has 1 aromatic carbocycles. The van der Waals surface area contributed by atoms with E-state index in [1.54, 1.807) is 0 Å². The average Bonchev–Trinajstić information content (AvgIpc) is 2.70. The topological polar surface area (TPSA) is 24.7 Å². The van der Waals surface area contributed by atoms with Gasteiger partial charge in [-0.3, -0.25) is 0 Å². The number of hydrogen-bond acceptors (Lipinski definition) is 2. The molecule has 1 aliphatic heterocycles. The van der Waals surface area contributed by atoms with Crippen LogP contribution in [0.3, 0.4) is 0 Å². The molecule has 1 heterocycles. The SMILES string of the molecule is CC1(c2ccc(I)cc2)N=N1. The van der Waals surface area contributed by atoms with Crippen molar-refractivity contribution in [3.05, 3.63) is 33.4 Å². The number of halogens is 1. The fraction of sp³-hybridized carbons (Fsp3) is 0.250. The van der Waals surface area contributed by atoms with Gasteiger partial charge in [0.15, 0.2) is 0 Å². The summed E-state index contributed by atoms with van der Waals surface area (Å²) in [4.78, 5) is 0. The fourth-order valence-electron chi connectivity index (χ4n) is 0.956. The van der Waals surface area contributed by atoms with Crippen LogP contribution < -0.4 is 0 Å². The lowest BCUT2D eigenvalue weighted by molar-refractivity contribution is 0.729. The normalized spacial score (nSPS) is 18.4. The lowest BCUT2D eigenvalue weighted by Crippen LogP contribution is -2.00. The van der Waals surface area contributed by atoms with E-state index >= 15 is 0 Å². The Morgan fingerprint density at radius 2 is 1.73 bits per heavy atom. The maximum atomic E-state index is 3.96. The van der Waals surface area contributed by atoms with Gasteiger partial charge in [-0.05, 0) is 41.6 Å². The first-order valence-corrected chi connectivity index (χ1v) is 4.49. The Hall–Kier alpha value is -0.450. The molecule has 0 bridgehead atoms. The van der Waals surface area contributed by atoms with Crippen molar-refractivity contribution in [2.75, 3.05) is 0 Å². The van der Waals surface area contributed by atoms with Crippen LogP contribution in [0.4, 0.5) is 0 Å². The molecule has 1 aliphatic rings. The van der Waals surface area contributed by atoms with Crippen molar-refractivity contribution in [1.29, 1.82) is 0 Å². The minimum atomic E-state index is -0.218. The molecule has 3 heteroatoms. The van der Waals surface area contributed by atoms with Crippen LogP contribution in [-0.2, 0) is 5.66 Å². The molecule has 0 N–H and O–H groups in total. The van der Waals surface area contributed by atoms with E-state index in [4.69, 9.17) is 0 Å². The molecule has 0 saturated heterocycles. The first kappa shape index (κ1) is 7.21. The van der Waals surface area contributed by atoms with Crippen LogP contribution in [-0.4, -0.2) is 0 Å². The summed E-state index contributed by atoms with van der Waals surface area (Å²) in [5.74, 6) is 0. The van der Waals surface area contributed by atoms with Crippen LogP contribution in [0, 0.1) is 3.57 Å². The quantitative estimate of drug-likeness (QED) is 0.692. The third-order valence-corrected chi connectivity index (χ3v) is 2.51. The predicted molar refractivity (Wildman–Crippen MR) is 51.4 cm³/mol. The Labute approximate surface area is 78.9 Å². The second-order valence-corrected chi connectivity index (χ2v) is 3.97. The molecule has 0 atom stereocenters. The molecule has 0 unspecified atom stereocenters. The van der Waals surface area contributed by atoms with E-state index < -0.39 is 0 Å². The molecule has 1 aromatic rings. The molecule has 2 rings (SSSR count). The van der Waals surface area contributed by atoms with Gasteiger partial charge in [0.2, 0.25) is 5.66 Å².